The van der Waals surface area contributed by atoms with Gasteiger partial charge in [0.1, 0.15) is 17.3 Å². The molecule has 0 atom stereocenters. The van der Waals surface area contributed by atoms with Crippen LogP contribution in [0, 0.1) is 19.7 Å². The van der Waals surface area contributed by atoms with Crippen molar-refractivity contribution in [1.82, 2.24) is 14.8 Å². The van der Waals surface area contributed by atoms with Crippen molar-refractivity contribution in [3.63, 3.8) is 0 Å². The molecule has 146 valence electrons. The standard InChI is InChI=1S/C22H19FN4O2/c1-14-11-24-27(12-14)13-20-15(2)29-22(26-20)16-6-8-19(9-7-16)25-21(28)17-4-3-5-18(23)10-17/h3-12H,13H2,1-2H3,(H,25,28). The van der Waals surface area contributed by atoms with E-state index in [2.05, 4.69) is 15.4 Å². The zero-order chi connectivity index (χ0) is 20.4. The monoisotopic (exact) mass is 390 g/mol. The molecule has 2 aromatic heterocycles. The first-order valence-electron chi connectivity index (χ1n) is 9.10. The second-order valence-electron chi connectivity index (χ2n) is 6.78. The minimum Gasteiger partial charge on any atom is -0.441 e. The lowest BCUT2D eigenvalue weighted by atomic mass is 10.1. The van der Waals surface area contributed by atoms with Gasteiger partial charge in [-0.15, -0.1) is 0 Å². The number of nitrogens with zero attached hydrogens (tertiary/aromatic N) is 3. The van der Waals surface area contributed by atoms with E-state index in [9.17, 15) is 9.18 Å². The zero-order valence-corrected chi connectivity index (χ0v) is 16.0. The fourth-order valence-corrected chi connectivity index (χ4v) is 2.93. The number of anilines is 1. The predicted octanol–water partition coefficient (Wildman–Crippen LogP) is 4.59. The molecule has 0 radical (unpaired) electrons. The lowest BCUT2D eigenvalue weighted by Gasteiger charge is -2.06. The van der Waals surface area contributed by atoms with Crippen molar-refractivity contribution < 1.29 is 13.6 Å². The van der Waals surface area contributed by atoms with Gasteiger partial charge >= 0.3 is 0 Å². The van der Waals surface area contributed by atoms with Crippen LogP contribution >= 0.6 is 0 Å². The molecule has 7 heteroatoms. The molecule has 0 saturated carbocycles. The highest BCUT2D eigenvalue weighted by atomic mass is 19.1. The SMILES string of the molecule is Cc1cnn(Cc2nc(-c3ccc(NC(=O)c4cccc(F)c4)cc3)oc2C)c1. The normalized spacial score (nSPS) is 10.9. The van der Waals surface area contributed by atoms with Crippen molar-refractivity contribution in [3.05, 3.63) is 89.3 Å². The molecule has 6 nitrogen and oxygen atoms in total. The Morgan fingerprint density at radius 2 is 1.97 bits per heavy atom. The van der Waals surface area contributed by atoms with Crippen molar-refractivity contribution in [2.75, 3.05) is 5.32 Å². The van der Waals surface area contributed by atoms with E-state index in [1.165, 1.54) is 18.2 Å². The van der Waals surface area contributed by atoms with Crippen molar-refractivity contribution in [3.8, 4) is 11.5 Å². The Labute approximate surface area is 167 Å². The topological polar surface area (TPSA) is 73.0 Å². The number of aryl methyl sites for hydroxylation is 2. The highest BCUT2D eigenvalue weighted by Crippen LogP contribution is 2.24. The average Bonchev–Trinajstić information content (AvgIpc) is 3.28. The Hall–Kier alpha value is -3.74. The first-order chi connectivity index (χ1) is 14.0. The number of carbonyl (C=O) groups is 1. The molecule has 2 aromatic carbocycles. The molecule has 1 amide bonds. The average molecular weight is 390 g/mol. The van der Waals surface area contributed by atoms with E-state index in [1.807, 2.05) is 36.9 Å². The van der Waals surface area contributed by atoms with Gasteiger partial charge in [0.25, 0.3) is 5.91 Å². The fraction of sp³-hybridized carbons (Fsp3) is 0.136. The van der Waals surface area contributed by atoms with Gasteiger partial charge in [-0.05, 0) is 61.9 Å². The summed E-state index contributed by atoms with van der Waals surface area (Å²) in [4.78, 5) is 16.8. The minimum absolute atomic E-state index is 0.260. The van der Waals surface area contributed by atoms with Gasteiger partial charge in [-0.2, -0.15) is 5.10 Å². The fourth-order valence-electron chi connectivity index (χ4n) is 2.93. The lowest BCUT2D eigenvalue weighted by molar-refractivity contribution is 0.102. The third kappa shape index (κ3) is 4.24. The summed E-state index contributed by atoms with van der Waals surface area (Å²) >= 11 is 0. The lowest BCUT2D eigenvalue weighted by Crippen LogP contribution is -2.11. The van der Waals surface area contributed by atoms with Gasteiger partial charge in [0.05, 0.1) is 12.7 Å². The number of rotatable bonds is 5. The van der Waals surface area contributed by atoms with E-state index in [4.69, 9.17) is 4.42 Å². The number of carbonyl (C=O) groups excluding carboxylic acids is 1. The van der Waals surface area contributed by atoms with Crippen molar-refractivity contribution in [1.29, 1.82) is 0 Å². The second-order valence-corrected chi connectivity index (χ2v) is 6.78. The molecule has 0 aliphatic rings. The Morgan fingerprint density at radius 3 is 2.66 bits per heavy atom. The summed E-state index contributed by atoms with van der Waals surface area (Å²) in [6, 6.07) is 12.7. The van der Waals surface area contributed by atoms with Gasteiger partial charge in [-0.25, -0.2) is 9.37 Å². The molecule has 0 unspecified atom stereocenters. The largest absolute Gasteiger partial charge is 0.441 e. The van der Waals surface area contributed by atoms with Crippen LogP contribution in [-0.4, -0.2) is 20.7 Å². The van der Waals surface area contributed by atoms with E-state index in [0.29, 0.717) is 18.1 Å². The first-order valence-corrected chi connectivity index (χ1v) is 9.10. The van der Waals surface area contributed by atoms with Crippen LogP contribution in [0.2, 0.25) is 0 Å². The third-order valence-electron chi connectivity index (χ3n) is 4.44. The van der Waals surface area contributed by atoms with Crippen LogP contribution in [0.1, 0.15) is 27.4 Å². The molecule has 29 heavy (non-hydrogen) atoms. The van der Waals surface area contributed by atoms with E-state index in [-0.39, 0.29) is 11.5 Å². The van der Waals surface area contributed by atoms with Crippen LogP contribution in [0.5, 0.6) is 0 Å². The van der Waals surface area contributed by atoms with Gasteiger partial charge in [-0.3, -0.25) is 9.48 Å². The predicted molar refractivity (Wildman–Crippen MR) is 107 cm³/mol. The molecule has 2 heterocycles. The second kappa shape index (κ2) is 7.71. The molecule has 0 bridgehead atoms. The molecular formula is C22H19FN4O2. The molecule has 0 spiro atoms. The number of benzene rings is 2. The maximum Gasteiger partial charge on any atom is 0.255 e. The van der Waals surface area contributed by atoms with Gasteiger partial charge in [0.2, 0.25) is 5.89 Å². The van der Waals surface area contributed by atoms with Gasteiger partial charge in [-0.1, -0.05) is 6.07 Å². The molecule has 1 N–H and O–H groups in total. The molecule has 0 fully saturated rings. The molecular weight excluding hydrogens is 371 g/mol. The highest BCUT2D eigenvalue weighted by Gasteiger charge is 2.13. The van der Waals surface area contributed by atoms with Crippen molar-refractivity contribution in [2.45, 2.75) is 20.4 Å². The maximum atomic E-state index is 13.3. The summed E-state index contributed by atoms with van der Waals surface area (Å²) in [6.07, 6.45) is 3.75. The van der Waals surface area contributed by atoms with Crippen molar-refractivity contribution >= 4 is 11.6 Å². The smallest absolute Gasteiger partial charge is 0.255 e. The van der Waals surface area contributed by atoms with E-state index in [1.54, 1.807) is 24.4 Å². The van der Waals surface area contributed by atoms with Crippen LogP contribution in [0.25, 0.3) is 11.5 Å². The summed E-state index contributed by atoms with van der Waals surface area (Å²) in [7, 11) is 0. The number of hydrogen-bond acceptors (Lipinski definition) is 4. The van der Waals surface area contributed by atoms with Gasteiger partial charge in [0, 0.05) is 23.0 Å². The molecule has 4 aromatic rings. The third-order valence-corrected chi connectivity index (χ3v) is 4.44. The number of oxazole rings is 1. The number of amides is 1. The van der Waals surface area contributed by atoms with Gasteiger partial charge in [0.15, 0.2) is 0 Å². The summed E-state index contributed by atoms with van der Waals surface area (Å²) < 4.78 is 20.9. The summed E-state index contributed by atoms with van der Waals surface area (Å²) in [5, 5.41) is 7.02. The van der Waals surface area contributed by atoms with Crippen LogP contribution in [0.15, 0.2) is 65.3 Å². The van der Waals surface area contributed by atoms with Crippen LogP contribution in [0.3, 0.4) is 0 Å². The molecule has 4 rings (SSSR count). The van der Waals surface area contributed by atoms with E-state index >= 15 is 0 Å². The highest BCUT2D eigenvalue weighted by molar-refractivity contribution is 6.04. The zero-order valence-electron chi connectivity index (χ0n) is 16.0. The quantitative estimate of drug-likeness (QED) is 0.541. The van der Waals surface area contributed by atoms with Crippen LogP contribution in [-0.2, 0) is 6.54 Å². The van der Waals surface area contributed by atoms with Crippen LogP contribution < -0.4 is 5.32 Å². The Bertz CT molecular complexity index is 1160. The number of nitrogens with one attached hydrogen (secondary N) is 1. The number of halogens is 1. The molecule has 0 aliphatic heterocycles. The Kier molecular flexibility index (Phi) is 4.95. The summed E-state index contributed by atoms with van der Waals surface area (Å²) in [6.45, 7) is 4.39. The maximum absolute atomic E-state index is 13.3. The minimum atomic E-state index is -0.451. The molecule has 0 aliphatic carbocycles. The van der Waals surface area contributed by atoms with Gasteiger partial charge < -0.3 is 9.73 Å². The summed E-state index contributed by atoms with van der Waals surface area (Å²) in [5.41, 5.74) is 3.54. The first kappa shape index (κ1) is 18.6. The van der Waals surface area contributed by atoms with Crippen molar-refractivity contribution in [2.24, 2.45) is 0 Å². The Balaban J connectivity index is 1.48. The van der Waals surface area contributed by atoms with E-state index in [0.717, 1.165) is 22.6 Å². The number of aromatic nitrogens is 3. The Morgan fingerprint density at radius 1 is 1.17 bits per heavy atom. The van der Waals surface area contributed by atoms with Crippen LogP contribution in [0.4, 0.5) is 10.1 Å². The number of hydrogen-bond donors (Lipinski definition) is 1. The summed E-state index contributed by atoms with van der Waals surface area (Å²) in [5.74, 6) is 0.412. The molecule has 0 saturated heterocycles. The van der Waals surface area contributed by atoms with E-state index < -0.39 is 5.82 Å².